The second-order valence-electron chi connectivity index (χ2n) is 10.5. The van der Waals surface area contributed by atoms with Crippen molar-refractivity contribution in [3.8, 4) is 11.3 Å². The molecular weight excluding hydrogens is 544 g/mol. The molecule has 218 valence electrons. The average Bonchev–Trinajstić information content (AvgIpc) is 2.96. The van der Waals surface area contributed by atoms with E-state index in [0.717, 1.165) is 74.9 Å². The zero-order chi connectivity index (χ0) is 29.6. The van der Waals surface area contributed by atoms with Gasteiger partial charge >= 0.3 is 12.4 Å². The van der Waals surface area contributed by atoms with Crippen molar-refractivity contribution in [1.82, 2.24) is 4.98 Å². The predicted molar refractivity (Wildman–Crippen MR) is 143 cm³/mol. The quantitative estimate of drug-likeness (QED) is 0.225. The van der Waals surface area contributed by atoms with Crippen LogP contribution >= 0.6 is 0 Å². The molecule has 2 aliphatic carbocycles. The first-order chi connectivity index (χ1) is 19.4. The first kappa shape index (κ1) is 30.5. The molecule has 9 heteroatoms. The Morgan fingerprint density at radius 1 is 0.780 bits per heavy atom. The number of pyridine rings is 1. The van der Waals surface area contributed by atoms with Crippen LogP contribution in [0.1, 0.15) is 84.1 Å². The van der Waals surface area contributed by atoms with Crippen molar-refractivity contribution in [1.29, 1.82) is 0 Å². The van der Waals surface area contributed by atoms with E-state index in [9.17, 15) is 35.9 Å². The fourth-order valence-electron chi connectivity index (χ4n) is 5.28. The molecule has 1 atom stereocenters. The van der Waals surface area contributed by atoms with E-state index in [1.54, 1.807) is 6.07 Å². The summed E-state index contributed by atoms with van der Waals surface area (Å²) in [5.41, 5.74) is 2.02. The molecule has 5 rings (SSSR count). The fraction of sp³-hybridized carbons (Fsp3) is 0.406. The number of alkyl halides is 6. The van der Waals surface area contributed by atoms with Crippen LogP contribution in [-0.4, -0.2) is 16.6 Å². The maximum Gasteiger partial charge on any atom is 0.416 e. The predicted octanol–water partition coefficient (Wildman–Crippen LogP) is 9.07. The number of carbonyl (C=O) groups excluding carboxylic acids is 2. The van der Waals surface area contributed by atoms with Crippen LogP contribution in [-0.2, 0) is 30.0 Å². The van der Waals surface area contributed by atoms with Gasteiger partial charge in [0.05, 0.1) is 16.8 Å². The number of carbonyl (C=O) groups is 2. The minimum atomic E-state index is -4.45. The molecule has 3 aromatic rings. The summed E-state index contributed by atoms with van der Waals surface area (Å²) in [5.74, 6) is -0.258. The number of benzene rings is 2. The molecule has 0 amide bonds. The molecular formula is C32H31F6NO2. The maximum absolute atomic E-state index is 12.7. The van der Waals surface area contributed by atoms with Gasteiger partial charge in [0.15, 0.2) is 5.78 Å². The van der Waals surface area contributed by atoms with Gasteiger partial charge in [0.1, 0.15) is 5.78 Å². The zero-order valence-corrected chi connectivity index (χ0v) is 22.5. The van der Waals surface area contributed by atoms with Gasteiger partial charge in [0, 0.05) is 35.6 Å². The number of Topliss-reactive ketones (excluding diaryl/α,β-unsaturated/α-hetero) is 2. The molecule has 0 spiro atoms. The Labute approximate surface area is 235 Å². The third kappa shape index (κ3) is 8.27. The van der Waals surface area contributed by atoms with Gasteiger partial charge in [-0.25, -0.2) is 0 Å². The standard InChI is InChI=1S/C16H14F3N.C16H17F3O2/c17-16(18,19)13-6-3-5-12(10-13)15-9-8-11-4-1-2-7-14(11)20-15;17-16(18,19)13-6-3-5-12(10-13)15(21)9-8-11-4-1-2-7-14(11)20/h3,5-6,8-10H,1-2,4,7H2;3,5-6,10-11H,1-2,4,7-9H2. The second kappa shape index (κ2) is 13.0. The van der Waals surface area contributed by atoms with E-state index in [2.05, 4.69) is 4.98 Å². The highest BCUT2D eigenvalue weighted by atomic mass is 19.4. The summed E-state index contributed by atoms with van der Waals surface area (Å²) in [6.45, 7) is 0. The molecule has 2 aromatic carbocycles. The molecule has 1 heterocycles. The van der Waals surface area contributed by atoms with Gasteiger partial charge in [-0.15, -0.1) is 0 Å². The van der Waals surface area contributed by atoms with Gasteiger partial charge in [0.2, 0.25) is 0 Å². The van der Waals surface area contributed by atoms with Crippen LogP contribution in [0.25, 0.3) is 11.3 Å². The molecule has 3 nitrogen and oxygen atoms in total. The van der Waals surface area contributed by atoms with E-state index in [0.29, 0.717) is 24.1 Å². The summed E-state index contributed by atoms with van der Waals surface area (Å²) in [6, 6.07) is 13.6. The van der Waals surface area contributed by atoms with E-state index in [1.807, 2.05) is 12.1 Å². The normalized spacial score (nSPS) is 17.3. The molecule has 0 bridgehead atoms. The topological polar surface area (TPSA) is 47.0 Å². The van der Waals surface area contributed by atoms with Gasteiger partial charge in [-0.2, -0.15) is 26.3 Å². The summed E-state index contributed by atoms with van der Waals surface area (Å²) in [7, 11) is 0. The summed E-state index contributed by atoms with van der Waals surface area (Å²) in [5, 5.41) is 0. The van der Waals surface area contributed by atoms with Crippen molar-refractivity contribution in [3.05, 3.63) is 88.6 Å². The molecule has 0 aliphatic heterocycles. The number of aryl methyl sites for hydroxylation is 2. The zero-order valence-electron chi connectivity index (χ0n) is 22.5. The minimum Gasteiger partial charge on any atom is -0.299 e. The SMILES string of the molecule is FC(F)(F)c1cccc(-c2ccc3c(n2)CCCC3)c1.O=C(CCC1CCCCC1=O)c1cccc(C(F)(F)F)c1. The van der Waals surface area contributed by atoms with Gasteiger partial charge in [-0.05, 0) is 80.8 Å². The maximum atomic E-state index is 12.7. The van der Waals surface area contributed by atoms with Crippen LogP contribution in [0.5, 0.6) is 0 Å². The van der Waals surface area contributed by atoms with Gasteiger partial charge in [-0.1, -0.05) is 36.8 Å². The van der Waals surface area contributed by atoms with E-state index in [1.165, 1.54) is 23.8 Å². The number of hydrogen-bond acceptors (Lipinski definition) is 3. The molecule has 41 heavy (non-hydrogen) atoms. The monoisotopic (exact) mass is 575 g/mol. The number of halogens is 6. The molecule has 0 saturated heterocycles. The molecule has 1 fully saturated rings. The Morgan fingerprint density at radius 3 is 2.15 bits per heavy atom. The molecule has 2 aliphatic rings. The van der Waals surface area contributed by atoms with Crippen LogP contribution in [0.15, 0.2) is 60.7 Å². The molecule has 1 aromatic heterocycles. The highest BCUT2D eigenvalue weighted by Gasteiger charge is 2.32. The number of rotatable bonds is 5. The number of nitrogens with zero attached hydrogens (tertiary/aromatic N) is 1. The second-order valence-corrected chi connectivity index (χ2v) is 10.5. The summed E-state index contributed by atoms with van der Waals surface area (Å²) >= 11 is 0. The number of hydrogen-bond donors (Lipinski definition) is 0. The fourth-order valence-corrected chi connectivity index (χ4v) is 5.28. The minimum absolute atomic E-state index is 0.0630. The van der Waals surface area contributed by atoms with Gasteiger partial charge < -0.3 is 0 Å². The Bertz CT molecular complexity index is 1380. The molecule has 0 radical (unpaired) electrons. The van der Waals surface area contributed by atoms with Gasteiger partial charge in [0.25, 0.3) is 0 Å². The highest BCUT2D eigenvalue weighted by molar-refractivity contribution is 5.96. The molecule has 1 saturated carbocycles. The first-order valence-corrected chi connectivity index (χ1v) is 13.8. The third-order valence-corrected chi connectivity index (χ3v) is 7.58. The van der Waals surface area contributed by atoms with Crippen LogP contribution < -0.4 is 0 Å². The third-order valence-electron chi connectivity index (χ3n) is 7.58. The smallest absolute Gasteiger partial charge is 0.299 e. The van der Waals surface area contributed by atoms with Crippen molar-refractivity contribution in [2.24, 2.45) is 5.92 Å². The lowest BCUT2D eigenvalue weighted by molar-refractivity contribution is -0.138. The van der Waals surface area contributed by atoms with Crippen LogP contribution in [0.2, 0.25) is 0 Å². The Hall–Kier alpha value is -3.49. The van der Waals surface area contributed by atoms with Crippen molar-refractivity contribution in [2.75, 3.05) is 0 Å². The summed E-state index contributed by atoms with van der Waals surface area (Å²) in [6.07, 6.45) is -0.773. The molecule has 1 unspecified atom stereocenters. The number of fused-ring (bicyclic) bond motifs is 1. The Kier molecular flexibility index (Phi) is 9.66. The average molecular weight is 576 g/mol. The lowest BCUT2D eigenvalue weighted by Gasteiger charge is -2.19. The largest absolute Gasteiger partial charge is 0.416 e. The van der Waals surface area contributed by atoms with E-state index in [-0.39, 0.29) is 29.5 Å². The number of ketones is 2. The van der Waals surface area contributed by atoms with E-state index >= 15 is 0 Å². The lowest BCUT2D eigenvalue weighted by Crippen LogP contribution is -2.20. The van der Waals surface area contributed by atoms with Crippen molar-refractivity contribution < 1.29 is 35.9 Å². The van der Waals surface area contributed by atoms with Crippen molar-refractivity contribution >= 4 is 11.6 Å². The van der Waals surface area contributed by atoms with Gasteiger partial charge in [-0.3, -0.25) is 14.6 Å². The summed E-state index contributed by atoms with van der Waals surface area (Å²) in [4.78, 5) is 28.2. The van der Waals surface area contributed by atoms with Crippen molar-refractivity contribution in [3.63, 3.8) is 0 Å². The Morgan fingerprint density at radius 2 is 1.44 bits per heavy atom. The first-order valence-electron chi connectivity index (χ1n) is 13.8. The lowest BCUT2D eigenvalue weighted by atomic mass is 9.84. The highest BCUT2D eigenvalue weighted by Crippen LogP contribution is 2.33. The Balaban J connectivity index is 0.000000189. The summed E-state index contributed by atoms with van der Waals surface area (Å²) < 4.78 is 76.0. The number of aromatic nitrogens is 1. The van der Waals surface area contributed by atoms with E-state index < -0.39 is 23.5 Å². The van der Waals surface area contributed by atoms with Crippen LogP contribution in [0.3, 0.4) is 0 Å². The molecule has 0 N–H and O–H groups in total. The van der Waals surface area contributed by atoms with Crippen LogP contribution in [0, 0.1) is 5.92 Å². The van der Waals surface area contributed by atoms with E-state index in [4.69, 9.17) is 0 Å². The van der Waals surface area contributed by atoms with Crippen LogP contribution in [0.4, 0.5) is 26.3 Å². The van der Waals surface area contributed by atoms with Crippen molar-refractivity contribution in [2.45, 2.75) is 76.6 Å².